The second-order valence-corrected chi connectivity index (χ2v) is 5.68. The molecule has 1 saturated carbocycles. The summed E-state index contributed by atoms with van der Waals surface area (Å²) in [7, 11) is 0. The highest BCUT2D eigenvalue weighted by molar-refractivity contribution is 5.24. The van der Waals surface area contributed by atoms with Gasteiger partial charge < -0.3 is 0 Å². The predicted octanol–water partition coefficient (Wildman–Crippen LogP) is 3.09. The van der Waals surface area contributed by atoms with Crippen LogP contribution in [-0.2, 0) is 19.4 Å². The van der Waals surface area contributed by atoms with E-state index in [9.17, 15) is 0 Å². The van der Waals surface area contributed by atoms with E-state index in [4.69, 9.17) is 0 Å². The number of aromatic nitrogens is 3. The molecule has 3 nitrogen and oxygen atoms in total. The Kier molecular flexibility index (Phi) is 3.36. The quantitative estimate of drug-likeness (QED) is 0.822. The van der Waals surface area contributed by atoms with E-state index in [1.54, 1.807) is 0 Å². The van der Waals surface area contributed by atoms with Crippen LogP contribution in [-0.4, -0.2) is 14.8 Å². The molecule has 0 spiro atoms. The van der Waals surface area contributed by atoms with E-state index < -0.39 is 0 Å². The van der Waals surface area contributed by atoms with E-state index in [2.05, 4.69) is 34.7 Å². The van der Waals surface area contributed by atoms with Crippen LogP contribution >= 0.6 is 0 Å². The largest absolute Gasteiger partial charge is 0.269 e. The number of pyridine rings is 1. The Bertz CT molecular complexity index is 567. The maximum atomic E-state index is 4.53. The first-order valence-corrected chi connectivity index (χ1v) is 7.15. The summed E-state index contributed by atoms with van der Waals surface area (Å²) in [4.78, 5) is 4.14. The van der Waals surface area contributed by atoms with Crippen LogP contribution in [0.4, 0.5) is 0 Å². The van der Waals surface area contributed by atoms with E-state index in [1.165, 1.54) is 35.2 Å². The number of rotatable bonds is 5. The first-order valence-electron chi connectivity index (χ1n) is 7.15. The molecule has 1 aliphatic carbocycles. The normalized spacial score (nSPS) is 14.8. The van der Waals surface area contributed by atoms with Crippen LogP contribution in [0.2, 0.25) is 0 Å². The van der Waals surface area contributed by atoms with Crippen molar-refractivity contribution in [2.75, 3.05) is 0 Å². The van der Waals surface area contributed by atoms with Gasteiger partial charge in [0.05, 0.1) is 6.20 Å². The van der Waals surface area contributed by atoms with Gasteiger partial charge in [-0.3, -0.25) is 9.67 Å². The van der Waals surface area contributed by atoms with Crippen molar-refractivity contribution in [2.45, 2.75) is 46.1 Å². The summed E-state index contributed by atoms with van der Waals surface area (Å²) in [6.07, 6.45) is 10.8. The van der Waals surface area contributed by atoms with E-state index in [0.717, 1.165) is 25.3 Å². The summed E-state index contributed by atoms with van der Waals surface area (Å²) in [6, 6.07) is 2.12. The third-order valence-electron chi connectivity index (χ3n) is 4.13. The van der Waals surface area contributed by atoms with Crippen molar-refractivity contribution in [2.24, 2.45) is 5.92 Å². The lowest BCUT2D eigenvalue weighted by Crippen LogP contribution is -2.04. The molecule has 2 heterocycles. The fourth-order valence-electron chi connectivity index (χ4n) is 2.51. The fourth-order valence-corrected chi connectivity index (χ4v) is 2.51. The molecule has 0 aliphatic heterocycles. The van der Waals surface area contributed by atoms with Crippen LogP contribution in [0.15, 0.2) is 24.7 Å². The van der Waals surface area contributed by atoms with Crippen molar-refractivity contribution in [3.8, 4) is 0 Å². The summed E-state index contributed by atoms with van der Waals surface area (Å²) in [6.45, 7) is 5.44. The molecule has 0 amide bonds. The zero-order chi connectivity index (χ0) is 13.2. The molecule has 100 valence electrons. The highest BCUT2D eigenvalue weighted by atomic mass is 15.3. The highest BCUT2D eigenvalue weighted by Gasteiger charge is 2.23. The third kappa shape index (κ3) is 2.86. The first kappa shape index (κ1) is 12.4. The van der Waals surface area contributed by atoms with Crippen LogP contribution in [0.25, 0.3) is 0 Å². The number of hydrogen-bond acceptors (Lipinski definition) is 2. The van der Waals surface area contributed by atoms with Gasteiger partial charge in [0, 0.05) is 24.6 Å². The number of nitrogens with zero attached hydrogens (tertiary/aromatic N) is 3. The van der Waals surface area contributed by atoms with Crippen LogP contribution in [0.5, 0.6) is 0 Å². The van der Waals surface area contributed by atoms with Gasteiger partial charge in [-0.15, -0.1) is 0 Å². The summed E-state index contributed by atoms with van der Waals surface area (Å²) in [5, 5.41) is 4.53. The van der Waals surface area contributed by atoms with Gasteiger partial charge in [0.25, 0.3) is 0 Å². The maximum absolute atomic E-state index is 4.53. The van der Waals surface area contributed by atoms with Gasteiger partial charge >= 0.3 is 0 Å². The van der Waals surface area contributed by atoms with E-state index in [-0.39, 0.29) is 0 Å². The molecular formula is C16H21N3. The van der Waals surface area contributed by atoms with Crippen LogP contribution < -0.4 is 0 Å². The molecule has 2 aromatic heterocycles. The fraction of sp³-hybridized carbons (Fsp3) is 0.500. The van der Waals surface area contributed by atoms with E-state index in [0.29, 0.717) is 0 Å². The topological polar surface area (TPSA) is 30.7 Å². The smallest absolute Gasteiger partial charge is 0.0524 e. The molecule has 0 radical (unpaired) electrons. The van der Waals surface area contributed by atoms with Crippen molar-refractivity contribution in [3.63, 3.8) is 0 Å². The molecule has 19 heavy (non-hydrogen) atoms. The van der Waals surface area contributed by atoms with E-state index in [1.807, 2.05) is 18.6 Å². The molecule has 0 aromatic carbocycles. The lowest BCUT2D eigenvalue weighted by molar-refractivity contribution is 0.549. The minimum Gasteiger partial charge on any atom is -0.269 e. The Balaban J connectivity index is 1.66. The average molecular weight is 255 g/mol. The van der Waals surface area contributed by atoms with Crippen molar-refractivity contribution in [1.29, 1.82) is 0 Å². The Hall–Kier alpha value is -1.64. The molecule has 0 N–H and O–H groups in total. The molecule has 1 fully saturated rings. The molecule has 0 saturated heterocycles. The Labute approximate surface area is 114 Å². The summed E-state index contributed by atoms with van der Waals surface area (Å²) >= 11 is 0. The lowest BCUT2D eigenvalue weighted by Gasteiger charge is -2.06. The van der Waals surface area contributed by atoms with Crippen molar-refractivity contribution < 1.29 is 0 Å². The Morgan fingerprint density at radius 1 is 1.16 bits per heavy atom. The molecule has 1 aliphatic rings. The first-order chi connectivity index (χ1) is 9.24. The minimum atomic E-state index is 0.883. The Morgan fingerprint density at radius 3 is 2.68 bits per heavy atom. The van der Waals surface area contributed by atoms with Gasteiger partial charge in [0.1, 0.15) is 0 Å². The molecule has 0 unspecified atom stereocenters. The lowest BCUT2D eigenvalue weighted by atomic mass is 10.0. The van der Waals surface area contributed by atoms with Gasteiger partial charge in [0.2, 0.25) is 0 Å². The van der Waals surface area contributed by atoms with E-state index >= 15 is 0 Å². The molecule has 3 heteroatoms. The average Bonchev–Trinajstić information content (AvgIpc) is 3.16. The minimum absolute atomic E-state index is 0.883. The zero-order valence-corrected chi connectivity index (χ0v) is 11.8. The molecule has 0 atom stereocenters. The van der Waals surface area contributed by atoms with Crippen LogP contribution in [0.3, 0.4) is 0 Å². The number of aryl methyl sites for hydroxylation is 3. The van der Waals surface area contributed by atoms with Crippen LogP contribution in [0, 0.1) is 19.8 Å². The molecule has 3 rings (SSSR count). The SMILES string of the molecule is Cc1cnccc1CCc1cnn(CC2CC2)c1C. The maximum Gasteiger partial charge on any atom is 0.0524 e. The second kappa shape index (κ2) is 5.16. The van der Waals surface area contributed by atoms with Crippen molar-refractivity contribution >= 4 is 0 Å². The van der Waals surface area contributed by atoms with Gasteiger partial charge in [-0.05, 0) is 68.2 Å². The molecular weight excluding hydrogens is 234 g/mol. The summed E-state index contributed by atoms with van der Waals surface area (Å²) in [5.41, 5.74) is 5.41. The van der Waals surface area contributed by atoms with Crippen molar-refractivity contribution in [3.05, 3.63) is 47.0 Å². The third-order valence-corrected chi connectivity index (χ3v) is 4.13. The van der Waals surface area contributed by atoms with Crippen molar-refractivity contribution in [1.82, 2.24) is 14.8 Å². The Morgan fingerprint density at radius 2 is 1.95 bits per heavy atom. The highest BCUT2D eigenvalue weighted by Crippen LogP contribution is 2.31. The monoisotopic (exact) mass is 255 g/mol. The number of hydrogen-bond donors (Lipinski definition) is 0. The van der Waals surface area contributed by atoms with Gasteiger partial charge in [-0.25, -0.2) is 0 Å². The molecule has 2 aromatic rings. The standard InChI is InChI=1S/C16H21N3/c1-12-9-17-8-7-15(12)5-6-16-10-18-19(13(16)2)11-14-3-4-14/h7-10,14H,3-6,11H2,1-2H3. The van der Waals surface area contributed by atoms with Crippen LogP contribution in [0.1, 0.15) is 35.2 Å². The zero-order valence-electron chi connectivity index (χ0n) is 11.8. The molecule has 0 bridgehead atoms. The summed E-state index contributed by atoms with van der Waals surface area (Å²) in [5.74, 6) is 0.883. The summed E-state index contributed by atoms with van der Waals surface area (Å²) < 4.78 is 2.19. The second-order valence-electron chi connectivity index (χ2n) is 5.68. The van der Waals surface area contributed by atoms with Gasteiger partial charge in [-0.2, -0.15) is 5.10 Å². The predicted molar refractivity (Wildman–Crippen MR) is 76.1 cm³/mol. The van der Waals surface area contributed by atoms with Gasteiger partial charge in [-0.1, -0.05) is 0 Å². The van der Waals surface area contributed by atoms with Gasteiger partial charge in [0.15, 0.2) is 0 Å².